The number of hydrogen-bond donors (Lipinski definition) is 2. The summed E-state index contributed by atoms with van der Waals surface area (Å²) in [6.45, 7) is 1.79. The molecule has 1 fully saturated rings. The minimum absolute atomic E-state index is 0.00704. The van der Waals surface area contributed by atoms with Gasteiger partial charge in [-0.3, -0.25) is 14.3 Å². The summed E-state index contributed by atoms with van der Waals surface area (Å²) in [5, 5.41) is 13.2. The molecule has 0 amide bonds. The summed E-state index contributed by atoms with van der Waals surface area (Å²) in [6.07, 6.45) is -0.0461. The van der Waals surface area contributed by atoms with Crippen molar-refractivity contribution in [1.82, 2.24) is 9.55 Å². The number of H-pyrrole nitrogens is 1. The van der Waals surface area contributed by atoms with Crippen molar-refractivity contribution in [3.05, 3.63) is 43.0 Å². The second-order valence-electron chi connectivity index (χ2n) is 4.52. The van der Waals surface area contributed by atoms with Crippen molar-refractivity contribution in [3.8, 4) is 0 Å². The predicted octanol–water partition coefficient (Wildman–Crippen LogP) is 0.0577. The third-order valence-electron chi connectivity index (χ3n) is 3.26. The molecule has 2 heterocycles. The van der Waals surface area contributed by atoms with E-state index in [9.17, 15) is 14.7 Å². The maximum atomic E-state index is 11.8. The minimum atomic E-state index is -0.825. The van der Waals surface area contributed by atoms with Crippen LogP contribution >= 0.6 is 0 Å². The van der Waals surface area contributed by atoms with Crippen LogP contribution in [0.5, 0.6) is 0 Å². The van der Waals surface area contributed by atoms with Crippen LogP contribution in [0, 0.1) is 0 Å². The maximum Gasteiger partial charge on any atom is 0.330 e. The predicted molar refractivity (Wildman–Crippen MR) is 69.2 cm³/mol. The Morgan fingerprint density at radius 2 is 2.40 bits per heavy atom. The fraction of sp³-hybridized carbons (Fsp3) is 0.636. The molecule has 0 aromatic carbocycles. The molecule has 2 N–H and O–H groups in total. The van der Waals surface area contributed by atoms with Gasteiger partial charge in [-0.05, 0) is 12.0 Å². The van der Waals surface area contributed by atoms with Crippen LogP contribution in [-0.2, 0) is 11.2 Å². The van der Waals surface area contributed by atoms with Crippen LogP contribution in [0.25, 0.3) is 10.4 Å². The summed E-state index contributed by atoms with van der Waals surface area (Å²) in [5.74, 6) is 0. The Hall–Kier alpha value is -2.09. The van der Waals surface area contributed by atoms with Crippen LogP contribution in [0.2, 0.25) is 0 Å². The molecule has 0 bridgehead atoms. The number of ether oxygens (including phenoxy) is 1. The Morgan fingerprint density at radius 3 is 3.05 bits per heavy atom. The molecule has 0 unspecified atom stereocenters. The highest BCUT2D eigenvalue weighted by Gasteiger charge is 2.35. The lowest BCUT2D eigenvalue weighted by molar-refractivity contribution is -0.0151. The van der Waals surface area contributed by atoms with Gasteiger partial charge in [-0.2, -0.15) is 0 Å². The fourth-order valence-electron chi connectivity index (χ4n) is 2.16. The normalized spacial score (nSPS) is 25.4. The first-order valence-corrected chi connectivity index (χ1v) is 6.25. The number of nitrogens with one attached hydrogen (secondary N) is 1. The van der Waals surface area contributed by atoms with E-state index in [0.717, 1.165) is 0 Å². The van der Waals surface area contributed by atoms with Gasteiger partial charge in [0, 0.05) is 23.1 Å². The highest BCUT2D eigenvalue weighted by molar-refractivity contribution is 5.04. The molecule has 1 aromatic heterocycles. The van der Waals surface area contributed by atoms with Crippen molar-refractivity contribution in [2.24, 2.45) is 5.11 Å². The lowest BCUT2D eigenvalue weighted by Crippen LogP contribution is -2.34. The van der Waals surface area contributed by atoms with Gasteiger partial charge in [0.05, 0.1) is 18.8 Å². The minimum Gasteiger partial charge on any atom is -0.390 e. The maximum absolute atomic E-state index is 11.8. The molecule has 1 aliphatic heterocycles. The largest absolute Gasteiger partial charge is 0.390 e. The average Bonchev–Trinajstić information content (AvgIpc) is 2.77. The molecule has 0 aliphatic carbocycles. The zero-order valence-corrected chi connectivity index (χ0v) is 10.9. The summed E-state index contributed by atoms with van der Waals surface area (Å²) in [5.41, 5.74) is 7.72. The molecule has 0 radical (unpaired) electrons. The quantitative estimate of drug-likeness (QED) is 0.458. The Bertz CT molecular complexity index is 645. The molecule has 1 aliphatic rings. The van der Waals surface area contributed by atoms with E-state index >= 15 is 0 Å². The van der Waals surface area contributed by atoms with Gasteiger partial charge in [0.2, 0.25) is 0 Å². The Kier molecular flexibility index (Phi) is 4.23. The summed E-state index contributed by atoms with van der Waals surface area (Å²) in [6, 6.07) is 0. The lowest BCUT2D eigenvalue weighted by atomic mass is 10.2. The van der Waals surface area contributed by atoms with Gasteiger partial charge in [-0.1, -0.05) is 12.0 Å². The van der Waals surface area contributed by atoms with Crippen LogP contribution < -0.4 is 11.2 Å². The van der Waals surface area contributed by atoms with E-state index in [-0.39, 0.29) is 13.0 Å². The Labute approximate surface area is 113 Å². The molecular weight excluding hydrogens is 266 g/mol. The summed E-state index contributed by atoms with van der Waals surface area (Å²) < 4.78 is 6.76. The van der Waals surface area contributed by atoms with Crippen molar-refractivity contribution in [2.75, 3.05) is 6.54 Å². The molecule has 9 nitrogen and oxygen atoms in total. The number of azide groups is 1. The number of hydrogen-bond acceptors (Lipinski definition) is 5. The van der Waals surface area contributed by atoms with Crippen LogP contribution in [0.3, 0.4) is 0 Å². The third kappa shape index (κ3) is 2.74. The molecule has 2 rings (SSSR count). The number of aromatic nitrogens is 2. The van der Waals surface area contributed by atoms with Crippen LogP contribution in [-0.4, -0.2) is 33.4 Å². The first-order chi connectivity index (χ1) is 9.56. The van der Waals surface area contributed by atoms with Crippen molar-refractivity contribution >= 4 is 0 Å². The Morgan fingerprint density at radius 1 is 1.65 bits per heavy atom. The highest BCUT2D eigenvalue weighted by atomic mass is 16.5. The number of nitrogens with zero attached hydrogens (tertiary/aromatic N) is 4. The standard InChI is InChI=1S/C11H15N5O4/c1-2-6-5-16(11(19)14-10(6)18)9-3-7(17)8(20-9)4-13-15-12/h5,7-9,17H,2-4H2,1H3,(H,14,18,19)/t7-,8+,9+/m0/s1. The van der Waals surface area contributed by atoms with Crippen LogP contribution in [0.15, 0.2) is 20.9 Å². The zero-order valence-electron chi connectivity index (χ0n) is 10.9. The number of aliphatic hydroxyl groups excluding tert-OH is 1. The zero-order chi connectivity index (χ0) is 14.7. The monoisotopic (exact) mass is 281 g/mol. The Balaban J connectivity index is 2.27. The molecule has 3 atom stereocenters. The summed E-state index contributed by atoms with van der Waals surface area (Å²) >= 11 is 0. The van der Waals surface area contributed by atoms with Gasteiger partial charge in [0.15, 0.2) is 0 Å². The molecule has 0 spiro atoms. The molecule has 0 saturated carbocycles. The highest BCUT2D eigenvalue weighted by Crippen LogP contribution is 2.27. The van der Waals surface area contributed by atoms with E-state index in [1.54, 1.807) is 6.92 Å². The first-order valence-electron chi connectivity index (χ1n) is 6.25. The number of aryl methyl sites for hydroxylation is 1. The van der Waals surface area contributed by atoms with Gasteiger partial charge < -0.3 is 9.84 Å². The third-order valence-corrected chi connectivity index (χ3v) is 3.26. The van der Waals surface area contributed by atoms with Crippen LogP contribution in [0.4, 0.5) is 0 Å². The second kappa shape index (κ2) is 5.91. The smallest absolute Gasteiger partial charge is 0.330 e. The van der Waals surface area contributed by atoms with Crippen molar-refractivity contribution in [1.29, 1.82) is 0 Å². The lowest BCUT2D eigenvalue weighted by Gasteiger charge is -2.15. The molecule has 20 heavy (non-hydrogen) atoms. The van der Waals surface area contributed by atoms with Gasteiger partial charge in [0.1, 0.15) is 6.23 Å². The van der Waals surface area contributed by atoms with Crippen molar-refractivity contribution in [3.63, 3.8) is 0 Å². The van der Waals surface area contributed by atoms with E-state index in [1.807, 2.05) is 0 Å². The topological polar surface area (TPSA) is 133 Å². The van der Waals surface area contributed by atoms with Crippen LogP contribution in [0.1, 0.15) is 25.1 Å². The fourth-order valence-corrected chi connectivity index (χ4v) is 2.16. The van der Waals surface area contributed by atoms with Gasteiger partial charge >= 0.3 is 5.69 Å². The molecule has 108 valence electrons. The summed E-state index contributed by atoms with van der Waals surface area (Å²) in [4.78, 5) is 28.1. The van der Waals surface area contributed by atoms with Crippen molar-refractivity contribution in [2.45, 2.75) is 38.2 Å². The number of rotatable bonds is 4. The first kappa shape index (κ1) is 14.3. The van der Waals surface area contributed by atoms with E-state index < -0.39 is 29.7 Å². The molecule has 1 aromatic rings. The second-order valence-corrected chi connectivity index (χ2v) is 4.52. The number of aliphatic hydroxyl groups is 1. The average molecular weight is 281 g/mol. The van der Waals surface area contributed by atoms with E-state index in [2.05, 4.69) is 15.0 Å². The molecule has 1 saturated heterocycles. The molecular formula is C11H15N5O4. The van der Waals surface area contributed by atoms with Crippen molar-refractivity contribution < 1.29 is 9.84 Å². The number of aromatic amines is 1. The van der Waals surface area contributed by atoms with E-state index in [4.69, 9.17) is 10.3 Å². The van der Waals surface area contributed by atoms with E-state index in [0.29, 0.717) is 12.0 Å². The van der Waals surface area contributed by atoms with Gasteiger partial charge in [0.25, 0.3) is 5.56 Å². The SMILES string of the molecule is CCc1cn([C@H]2C[C@H](O)[C@@H](CN=[N+]=[N-])O2)c(=O)[nH]c1=O. The molecule has 9 heteroatoms. The summed E-state index contributed by atoms with van der Waals surface area (Å²) in [7, 11) is 0. The van der Waals surface area contributed by atoms with E-state index in [1.165, 1.54) is 10.8 Å². The van der Waals surface area contributed by atoms with Gasteiger partial charge in [-0.15, -0.1) is 0 Å². The van der Waals surface area contributed by atoms with Gasteiger partial charge in [-0.25, -0.2) is 4.79 Å².